The molecule has 0 radical (unpaired) electrons. The summed E-state index contributed by atoms with van der Waals surface area (Å²) in [4.78, 5) is 10.9. The van der Waals surface area contributed by atoms with Crippen LogP contribution in [0, 0.1) is 17.0 Å². The van der Waals surface area contributed by atoms with Gasteiger partial charge in [0.05, 0.1) is 15.7 Å². The molecular weight excluding hydrogens is 288 g/mol. The van der Waals surface area contributed by atoms with Crippen molar-refractivity contribution in [1.29, 1.82) is 0 Å². The lowest BCUT2D eigenvalue weighted by Gasteiger charge is -2.07. The minimum absolute atomic E-state index is 0.0641. The van der Waals surface area contributed by atoms with E-state index < -0.39 is 15.7 Å². The molecule has 5 nitrogen and oxygen atoms in total. The van der Waals surface area contributed by atoms with E-state index in [0.29, 0.717) is 17.9 Å². The second-order valence-corrected chi connectivity index (χ2v) is 6.29. The second-order valence-electron chi connectivity index (χ2n) is 4.75. The molecule has 0 fully saturated rings. The minimum atomic E-state index is -1.11. The minimum Gasteiger partial charge on any atom is -0.399 e. The van der Waals surface area contributed by atoms with Crippen molar-refractivity contribution < 1.29 is 9.13 Å². The van der Waals surface area contributed by atoms with Crippen molar-refractivity contribution in [2.24, 2.45) is 0 Å². The molecule has 0 aromatic heterocycles. The highest BCUT2D eigenvalue weighted by molar-refractivity contribution is 7.85. The van der Waals surface area contributed by atoms with Crippen LogP contribution in [0.4, 0.5) is 11.4 Å². The molecule has 0 saturated heterocycles. The standard InChI is InChI=1S/C15H16N2O3S/c1-11-10-13(16)4-7-15(11)21(20)9-8-12-2-5-14(6-3-12)17(18)19/h2-7,10H,8-9,16H2,1H3. The van der Waals surface area contributed by atoms with Crippen LogP contribution in [0.1, 0.15) is 11.1 Å². The molecule has 2 N–H and O–H groups in total. The molecule has 1 unspecified atom stereocenters. The molecule has 0 aliphatic rings. The quantitative estimate of drug-likeness (QED) is 0.523. The summed E-state index contributed by atoms with van der Waals surface area (Å²) >= 11 is 0. The maximum absolute atomic E-state index is 12.3. The van der Waals surface area contributed by atoms with Gasteiger partial charge in [0.1, 0.15) is 0 Å². The van der Waals surface area contributed by atoms with E-state index in [-0.39, 0.29) is 5.69 Å². The van der Waals surface area contributed by atoms with E-state index in [1.54, 1.807) is 30.3 Å². The number of rotatable bonds is 5. The molecule has 0 amide bonds. The fourth-order valence-electron chi connectivity index (χ4n) is 2.03. The molecular formula is C15H16N2O3S. The van der Waals surface area contributed by atoms with Gasteiger partial charge in [-0.25, -0.2) is 0 Å². The van der Waals surface area contributed by atoms with Gasteiger partial charge in [0, 0.05) is 28.5 Å². The summed E-state index contributed by atoms with van der Waals surface area (Å²) in [6, 6.07) is 11.7. The van der Waals surface area contributed by atoms with Crippen LogP contribution >= 0.6 is 0 Å². The fourth-order valence-corrected chi connectivity index (χ4v) is 3.31. The highest BCUT2D eigenvalue weighted by atomic mass is 32.2. The van der Waals surface area contributed by atoms with Crippen LogP contribution < -0.4 is 5.73 Å². The molecule has 6 heteroatoms. The molecule has 0 aliphatic heterocycles. The highest BCUT2D eigenvalue weighted by Gasteiger charge is 2.09. The number of nitrogens with zero attached hydrogens (tertiary/aromatic N) is 1. The van der Waals surface area contributed by atoms with Crippen molar-refractivity contribution >= 4 is 22.2 Å². The van der Waals surface area contributed by atoms with Crippen LogP contribution in [-0.2, 0) is 17.2 Å². The average Bonchev–Trinajstić information content (AvgIpc) is 2.45. The molecule has 0 heterocycles. The zero-order valence-electron chi connectivity index (χ0n) is 11.6. The van der Waals surface area contributed by atoms with Crippen LogP contribution in [0.2, 0.25) is 0 Å². The Morgan fingerprint density at radius 2 is 1.86 bits per heavy atom. The molecule has 110 valence electrons. The lowest BCUT2D eigenvalue weighted by Crippen LogP contribution is -2.04. The normalized spacial score (nSPS) is 12.0. The van der Waals surface area contributed by atoms with Crippen molar-refractivity contribution in [2.75, 3.05) is 11.5 Å². The van der Waals surface area contributed by atoms with Crippen molar-refractivity contribution in [3.05, 3.63) is 63.7 Å². The predicted octanol–water partition coefficient (Wildman–Crippen LogP) is 2.84. The maximum Gasteiger partial charge on any atom is 0.269 e. The summed E-state index contributed by atoms with van der Waals surface area (Å²) in [7, 11) is -1.11. The Kier molecular flexibility index (Phi) is 4.70. The van der Waals surface area contributed by atoms with Gasteiger partial charge in [-0.2, -0.15) is 0 Å². The first-order valence-electron chi connectivity index (χ1n) is 6.45. The number of nitro benzene ring substituents is 1. The smallest absolute Gasteiger partial charge is 0.269 e. The molecule has 0 aliphatic carbocycles. The first-order valence-corrected chi connectivity index (χ1v) is 7.77. The number of anilines is 1. The van der Waals surface area contributed by atoms with Crippen molar-refractivity contribution in [3.63, 3.8) is 0 Å². The number of nitrogens with two attached hydrogens (primary N) is 1. The third-order valence-corrected chi connectivity index (χ3v) is 4.69. The number of benzene rings is 2. The van der Waals surface area contributed by atoms with Crippen LogP contribution in [0.3, 0.4) is 0 Å². The zero-order chi connectivity index (χ0) is 15.4. The van der Waals surface area contributed by atoms with Crippen LogP contribution in [0.5, 0.6) is 0 Å². The lowest BCUT2D eigenvalue weighted by atomic mass is 10.1. The Morgan fingerprint density at radius 3 is 2.43 bits per heavy atom. The summed E-state index contributed by atoms with van der Waals surface area (Å²) < 4.78 is 12.3. The predicted molar refractivity (Wildman–Crippen MR) is 83.7 cm³/mol. The van der Waals surface area contributed by atoms with E-state index in [4.69, 9.17) is 5.73 Å². The Hall–Kier alpha value is -2.21. The number of hydrogen-bond acceptors (Lipinski definition) is 4. The first kappa shape index (κ1) is 15.2. The van der Waals surface area contributed by atoms with Crippen LogP contribution in [0.25, 0.3) is 0 Å². The van der Waals surface area contributed by atoms with Gasteiger partial charge < -0.3 is 5.73 Å². The van der Waals surface area contributed by atoms with Gasteiger partial charge >= 0.3 is 0 Å². The van der Waals surface area contributed by atoms with Gasteiger partial charge in [-0.1, -0.05) is 12.1 Å². The van der Waals surface area contributed by atoms with Crippen molar-refractivity contribution in [3.8, 4) is 0 Å². The van der Waals surface area contributed by atoms with Gasteiger partial charge in [-0.05, 0) is 42.7 Å². The average molecular weight is 304 g/mol. The van der Waals surface area contributed by atoms with Gasteiger partial charge in [0.15, 0.2) is 0 Å². The molecule has 21 heavy (non-hydrogen) atoms. The lowest BCUT2D eigenvalue weighted by molar-refractivity contribution is -0.384. The van der Waals surface area contributed by atoms with E-state index in [1.807, 2.05) is 6.92 Å². The summed E-state index contributed by atoms with van der Waals surface area (Å²) in [5, 5.41) is 10.6. The van der Waals surface area contributed by atoms with Gasteiger partial charge in [0.2, 0.25) is 0 Å². The van der Waals surface area contributed by atoms with Crippen molar-refractivity contribution in [1.82, 2.24) is 0 Å². The van der Waals surface area contributed by atoms with Crippen LogP contribution in [0.15, 0.2) is 47.4 Å². The summed E-state index contributed by atoms with van der Waals surface area (Å²) in [6.45, 7) is 1.88. The van der Waals surface area contributed by atoms with E-state index in [2.05, 4.69) is 0 Å². The van der Waals surface area contributed by atoms with E-state index >= 15 is 0 Å². The Labute approximate surface area is 125 Å². The summed E-state index contributed by atoms with van der Waals surface area (Å²) in [5.74, 6) is 0.475. The molecule has 0 spiro atoms. The number of nitrogen functional groups attached to an aromatic ring is 1. The van der Waals surface area contributed by atoms with E-state index in [9.17, 15) is 14.3 Å². The molecule has 2 aromatic carbocycles. The van der Waals surface area contributed by atoms with Gasteiger partial charge in [-0.3, -0.25) is 14.3 Å². The highest BCUT2D eigenvalue weighted by Crippen LogP contribution is 2.18. The van der Waals surface area contributed by atoms with Gasteiger partial charge in [-0.15, -0.1) is 0 Å². The summed E-state index contributed by atoms with van der Waals surface area (Å²) in [6.07, 6.45) is 0.606. The largest absolute Gasteiger partial charge is 0.399 e. The van der Waals surface area contributed by atoms with E-state index in [1.165, 1.54) is 12.1 Å². The Morgan fingerprint density at radius 1 is 1.19 bits per heavy atom. The fraction of sp³-hybridized carbons (Fsp3) is 0.200. The molecule has 0 bridgehead atoms. The molecule has 2 rings (SSSR count). The number of hydrogen-bond donors (Lipinski definition) is 1. The number of nitro groups is 1. The number of aryl methyl sites for hydroxylation is 2. The molecule has 0 saturated carbocycles. The topological polar surface area (TPSA) is 86.2 Å². The monoisotopic (exact) mass is 304 g/mol. The molecule has 2 aromatic rings. The van der Waals surface area contributed by atoms with Gasteiger partial charge in [0.25, 0.3) is 5.69 Å². The van der Waals surface area contributed by atoms with E-state index in [0.717, 1.165) is 16.0 Å². The second kappa shape index (κ2) is 6.49. The third kappa shape index (κ3) is 3.88. The maximum atomic E-state index is 12.3. The first-order chi connectivity index (χ1) is 9.97. The Balaban J connectivity index is 2.02. The van der Waals surface area contributed by atoms with Crippen molar-refractivity contribution in [2.45, 2.75) is 18.2 Å². The summed E-state index contributed by atoms with van der Waals surface area (Å²) in [5.41, 5.74) is 8.24. The third-order valence-electron chi connectivity index (χ3n) is 3.17. The SMILES string of the molecule is Cc1cc(N)ccc1S(=O)CCc1ccc([N+](=O)[O-])cc1. The molecule has 1 atom stereocenters. The zero-order valence-corrected chi connectivity index (χ0v) is 12.4. The Bertz CT molecular complexity index is 684. The number of non-ortho nitro benzene ring substituents is 1. The van der Waals surface area contributed by atoms with Crippen LogP contribution in [-0.4, -0.2) is 14.9 Å².